The van der Waals surface area contributed by atoms with E-state index in [2.05, 4.69) is 38.8 Å². The number of allylic oxidation sites excluding steroid dienone is 2. The minimum absolute atomic E-state index is 0.0212. The number of benzene rings is 2. The molecule has 0 aliphatic heterocycles. The number of esters is 1. The Kier molecular flexibility index (Phi) is 12.3. The van der Waals surface area contributed by atoms with Crippen molar-refractivity contribution in [1.29, 1.82) is 0 Å². The SMILES string of the molecule is CC(C)=CC1C(C(=O)OCc2cccc(Oc3ccccc3)c2)C1(C)C.COP(=S)(OC)Oc1nc(Cl)c(Cl)cc1Cl. The van der Waals surface area contributed by atoms with E-state index in [4.69, 9.17) is 69.7 Å². The predicted octanol–water partition coefficient (Wildman–Crippen LogP) is 9.70. The largest absolute Gasteiger partial charge is 0.461 e. The summed E-state index contributed by atoms with van der Waals surface area (Å²) < 4.78 is 26.5. The molecule has 7 nitrogen and oxygen atoms in total. The molecule has 2 unspecified atom stereocenters. The zero-order chi connectivity index (χ0) is 31.1. The Hall–Kier alpha value is -2.16. The first kappa shape index (κ1) is 34.3. The third kappa shape index (κ3) is 9.42. The highest BCUT2D eigenvalue weighted by molar-refractivity contribution is 8.07. The number of hydrogen-bond acceptors (Lipinski definition) is 8. The molecule has 42 heavy (non-hydrogen) atoms. The van der Waals surface area contributed by atoms with Crippen LogP contribution in [0.2, 0.25) is 15.2 Å². The van der Waals surface area contributed by atoms with Crippen LogP contribution in [0, 0.1) is 17.3 Å². The van der Waals surface area contributed by atoms with E-state index >= 15 is 0 Å². The fourth-order valence-electron chi connectivity index (χ4n) is 4.11. The van der Waals surface area contributed by atoms with Gasteiger partial charge in [0.2, 0.25) is 5.88 Å². The second kappa shape index (κ2) is 15.0. The standard InChI is InChI=1S/C23H26O3.C7H7Cl3NO3PS/c1-16(2)13-20-21(23(20,3)4)22(24)25-15-17-9-8-12-19(14-17)26-18-10-6-5-7-11-18;1-12-15(16,13-2)14-7-5(9)3-4(8)6(10)11-7/h5-14,20-21H,15H2,1-4H3;3H,1-2H3. The Morgan fingerprint density at radius 3 is 2.24 bits per heavy atom. The second-order valence-electron chi connectivity index (χ2n) is 10.2. The maximum absolute atomic E-state index is 12.5. The molecule has 0 spiro atoms. The van der Waals surface area contributed by atoms with E-state index in [0.29, 0.717) is 0 Å². The molecule has 12 heteroatoms. The summed E-state index contributed by atoms with van der Waals surface area (Å²) in [6.07, 6.45) is 2.18. The van der Waals surface area contributed by atoms with Crippen LogP contribution in [0.5, 0.6) is 17.4 Å². The molecule has 1 saturated carbocycles. The van der Waals surface area contributed by atoms with Crippen molar-refractivity contribution in [2.75, 3.05) is 14.2 Å². The predicted molar refractivity (Wildman–Crippen MR) is 171 cm³/mol. The number of para-hydroxylation sites is 1. The Balaban J connectivity index is 0.000000260. The molecular formula is C30H33Cl3NO6PS. The van der Waals surface area contributed by atoms with Crippen molar-refractivity contribution in [2.24, 2.45) is 17.3 Å². The van der Waals surface area contributed by atoms with E-state index in [9.17, 15) is 4.79 Å². The highest BCUT2D eigenvalue weighted by Crippen LogP contribution is 2.60. The van der Waals surface area contributed by atoms with Crippen LogP contribution in [0.1, 0.15) is 33.3 Å². The number of rotatable bonds is 10. The minimum Gasteiger partial charge on any atom is -0.461 e. The number of ether oxygens (including phenoxy) is 2. The van der Waals surface area contributed by atoms with Gasteiger partial charge in [0.15, 0.2) is 5.15 Å². The molecule has 4 rings (SSSR count). The van der Waals surface area contributed by atoms with Gasteiger partial charge >= 0.3 is 12.7 Å². The zero-order valence-electron chi connectivity index (χ0n) is 24.1. The number of carbonyl (C=O) groups excluding carboxylic acids is 1. The van der Waals surface area contributed by atoms with Crippen LogP contribution in [-0.4, -0.2) is 25.2 Å². The molecule has 2 atom stereocenters. The Labute approximate surface area is 267 Å². The molecule has 1 aliphatic rings. The van der Waals surface area contributed by atoms with Crippen molar-refractivity contribution in [3.8, 4) is 17.4 Å². The third-order valence-corrected chi connectivity index (χ3v) is 9.79. The quantitative estimate of drug-likeness (QED) is 0.0912. The number of hydrogen-bond donors (Lipinski definition) is 0. The molecule has 1 aromatic heterocycles. The van der Waals surface area contributed by atoms with Crippen molar-refractivity contribution in [2.45, 2.75) is 34.3 Å². The lowest BCUT2D eigenvalue weighted by Crippen LogP contribution is -2.10. The molecule has 0 bridgehead atoms. The maximum atomic E-state index is 12.5. The second-order valence-corrected chi connectivity index (χ2v) is 14.5. The van der Waals surface area contributed by atoms with E-state index in [0.717, 1.165) is 17.1 Å². The molecule has 0 radical (unpaired) electrons. The van der Waals surface area contributed by atoms with Gasteiger partial charge < -0.3 is 23.0 Å². The van der Waals surface area contributed by atoms with Gasteiger partial charge in [0.05, 0.1) is 10.9 Å². The summed E-state index contributed by atoms with van der Waals surface area (Å²) in [7, 11) is 2.74. The van der Waals surface area contributed by atoms with Crippen LogP contribution in [0.15, 0.2) is 72.3 Å². The fourth-order valence-corrected chi connectivity index (χ4v) is 5.56. The fraction of sp³-hybridized carbons (Fsp3) is 0.333. The third-order valence-electron chi connectivity index (χ3n) is 6.44. The van der Waals surface area contributed by atoms with Crippen molar-refractivity contribution >= 4 is 59.3 Å². The monoisotopic (exact) mass is 671 g/mol. The van der Waals surface area contributed by atoms with Gasteiger partial charge in [-0.05, 0) is 61.1 Å². The van der Waals surface area contributed by atoms with E-state index < -0.39 is 6.72 Å². The van der Waals surface area contributed by atoms with Crippen LogP contribution in [0.25, 0.3) is 0 Å². The molecule has 226 valence electrons. The highest BCUT2D eigenvalue weighted by Gasteiger charge is 2.61. The summed E-state index contributed by atoms with van der Waals surface area (Å²) in [6, 6.07) is 18.7. The minimum atomic E-state index is -2.88. The smallest absolute Gasteiger partial charge is 0.381 e. The number of halogens is 3. The van der Waals surface area contributed by atoms with Gasteiger partial charge in [0, 0.05) is 26.0 Å². The number of nitrogens with zero attached hydrogens (tertiary/aromatic N) is 1. The first-order chi connectivity index (χ1) is 19.8. The van der Waals surface area contributed by atoms with Gasteiger partial charge in [-0.2, -0.15) is 4.98 Å². The topological polar surface area (TPSA) is 76.1 Å². The molecule has 1 heterocycles. The molecular weight excluding hydrogens is 640 g/mol. The van der Waals surface area contributed by atoms with Crippen LogP contribution < -0.4 is 9.26 Å². The summed E-state index contributed by atoms with van der Waals surface area (Å²) >= 11 is 22.3. The van der Waals surface area contributed by atoms with Gasteiger partial charge in [0.25, 0.3) is 0 Å². The summed E-state index contributed by atoms with van der Waals surface area (Å²) in [6.45, 7) is 5.76. The lowest BCUT2D eigenvalue weighted by molar-refractivity contribution is -0.147. The number of pyridine rings is 1. The van der Waals surface area contributed by atoms with Gasteiger partial charge in [-0.3, -0.25) is 4.79 Å². The molecule has 0 N–H and O–H groups in total. The maximum Gasteiger partial charge on any atom is 0.381 e. The van der Waals surface area contributed by atoms with Gasteiger partial charge in [0.1, 0.15) is 23.1 Å². The summed E-state index contributed by atoms with van der Waals surface area (Å²) in [5.74, 6) is 1.65. The van der Waals surface area contributed by atoms with Crippen molar-refractivity contribution in [3.05, 3.63) is 93.1 Å². The van der Waals surface area contributed by atoms with Crippen LogP contribution >= 0.6 is 41.5 Å². The van der Waals surface area contributed by atoms with Gasteiger partial charge in [-0.1, -0.05) is 90.6 Å². The molecule has 0 amide bonds. The van der Waals surface area contributed by atoms with Crippen molar-refractivity contribution < 1.29 is 27.8 Å². The van der Waals surface area contributed by atoms with Gasteiger partial charge in [-0.25, -0.2) is 0 Å². The van der Waals surface area contributed by atoms with Crippen LogP contribution in [0.4, 0.5) is 0 Å². The summed E-state index contributed by atoms with van der Waals surface area (Å²) in [5.41, 5.74) is 2.14. The van der Waals surface area contributed by atoms with Crippen molar-refractivity contribution in [1.82, 2.24) is 4.98 Å². The van der Waals surface area contributed by atoms with Crippen molar-refractivity contribution in [3.63, 3.8) is 0 Å². The normalized spacial score (nSPS) is 16.9. The summed E-state index contributed by atoms with van der Waals surface area (Å²) in [4.78, 5) is 16.3. The molecule has 1 aliphatic carbocycles. The zero-order valence-corrected chi connectivity index (χ0v) is 28.1. The lowest BCUT2D eigenvalue weighted by atomic mass is 10.1. The summed E-state index contributed by atoms with van der Waals surface area (Å²) in [5, 5.41) is 0.467. The van der Waals surface area contributed by atoms with E-state index in [-0.39, 0.29) is 50.9 Å². The van der Waals surface area contributed by atoms with Crippen LogP contribution in [0.3, 0.4) is 0 Å². The number of carbonyl (C=O) groups is 1. The van der Waals surface area contributed by atoms with Crippen LogP contribution in [-0.2, 0) is 37.0 Å². The average Bonchev–Trinajstić information content (AvgIpc) is 3.49. The number of aromatic nitrogens is 1. The highest BCUT2D eigenvalue weighted by atomic mass is 35.5. The Bertz CT molecular complexity index is 1460. The first-order valence-electron chi connectivity index (χ1n) is 12.9. The Morgan fingerprint density at radius 2 is 1.62 bits per heavy atom. The Morgan fingerprint density at radius 1 is 0.976 bits per heavy atom. The molecule has 2 aromatic carbocycles. The first-order valence-corrected chi connectivity index (χ1v) is 16.5. The van der Waals surface area contributed by atoms with E-state index in [1.54, 1.807) is 0 Å². The molecule has 0 saturated heterocycles. The molecule has 3 aromatic rings. The molecule has 1 fully saturated rings. The van der Waals surface area contributed by atoms with E-state index in [1.807, 2.05) is 54.6 Å². The lowest BCUT2D eigenvalue weighted by Gasteiger charge is -2.18. The van der Waals surface area contributed by atoms with Gasteiger partial charge in [-0.15, -0.1) is 0 Å². The average molecular weight is 673 g/mol. The van der Waals surface area contributed by atoms with E-state index in [1.165, 1.54) is 25.9 Å².